The van der Waals surface area contributed by atoms with Crippen molar-refractivity contribution in [3.63, 3.8) is 0 Å². The highest BCUT2D eigenvalue weighted by Crippen LogP contribution is 2.44. The summed E-state index contributed by atoms with van der Waals surface area (Å²) in [6, 6.07) is 0. The lowest BCUT2D eigenvalue weighted by Crippen LogP contribution is -2.38. The van der Waals surface area contributed by atoms with E-state index in [1.54, 1.807) is 0 Å². The molecule has 3 aliphatic carbocycles. The van der Waals surface area contributed by atoms with E-state index in [9.17, 15) is 8.78 Å². The van der Waals surface area contributed by atoms with Gasteiger partial charge in [-0.1, -0.05) is 71.1 Å². The van der Waals surface area contributed by atoms with Crippen LogP contribution in [0.15, 0.2) is 12.2 Å². The predicted molar refractivity (Wildman–Crippen MR) is 139 cm³/mol. The Bertz CT molecular complexity index is 601. The van der Waals surface area contributed by atoms with Crippen LogP contribution in [0.25, 0.3) is 0 Å². The molecule has 0 aromatic rings. The largest absolute Gasteiger partial charge is 0.352 e. The Morgan fingerprint density at radius 1 is 0.629 bits per heavy atom. The smallest absolute Gasteiger partial charge is 0.266 e. The van der Waals surface area contributed by atoms with Crippen LogP contribution >= 0.6 is 0 Å². The molecule has 1 saturated heterocycles. The number of rotatable bonds is 10. The summed E-state index contributed by atoms with van der Waals surface area (Å²) in [6.45, 7) is 3.05. The van der Waals surface area contributed by atoms with Gasteiger partial charge < -0.3 is 9.47 Å². The van der Waals surface area contributed by atoms with E-state index >= 15 is 0 Å². The first kappa shape index (κ1) is 27.6. The van der Waals surface area contributed by atoms with Crippen LogP contribution in [0.1, 0.15) is 122 Å². The van der Waals surface area contributed by atoms with Gasteiger partial charge in [-0.05, 0) is 87.0 Å². The number of ether oxygens (including phenoxy) is 2. The van der Waals surface area contributed by atoms with E-state index in [2.05, 4.69) is 6.92 Å². The van der Waals surface area contributed by atoms with E-state index in [4.69, 9.17) is 9.47 Å². The standard InChI is InChI=1S/C31H52F2O2/c1-2-3-4-5-23-8-14-27(15-9-23)28-16-10-24(11-17-28)6-7-25-12-18-29(19-13-25)31-34-21-26(22-35-31)20-30(32)33/h20,23-29,31H,2-19,21-22H2,1H3. The lowest BCUT2D eigenvalue weighted by molar-refractivity contribution is -0.223. The molecule has 0 aromatic carbocycles. The highest BCUT2D eigenvalue weighted by atomic mass is 19.3. The average Bonchev–Trinajstić information content (AvgIpc) is 2.89. The van der Waals surface area contributed by atoms with Gasteiger partial charge in [-0.2, -0.15) is 8.78 Å². The molecule has 0 amide bonds. The first-order chi connectivity index (χ1) is 17.1. The summed E-state index contributed by atoms with van der Waals surface area (Å²) in [7, 11) is 0. The molecule has 0 bridgehead atoms. The molecule has 0 spiro atoms. The number of hydrogen-bond acceptors (Lipinski definition) is 2. The van der Waals surface area contributed by atoms with E-state index in [0.717, 1.165) is 35.7 Å². The van der Waals surface area contributed by atoms with Crippen LogP contribution in [0.2, 0.25) is 0 Å². The number of halogens is 2. The molecule has 202 valence electrons. The van der Waals surface area contributed by atoms with Crippen molar-refractivity contribution < 1.29 is 18.3 Å². The summed E-state index contributed by atoms with van der Waals surface area (Å²) in [4.78, 5) is 0. The minimum atomic E-state index is -1.63. The van der Waals surface area contributed by atoms with Gasteiger partial charge in [0.2, 0.25) is 0 Å². The molecule has 1 heterocycles. The van der Waals surface area contributed by atoms with E-state index in [0.29, 0.717) is 19.1 Å². The molecule has 0 N–H and O–H groups in total. The zero-order valence-corrected chi connectivity index (χ0v) is 22.4. The molecular formula is C31H52F2O2. The van der Waals surface area contributed by atoms with E-state index < -0.39 is 6.08 Å². The minimum Gasteiger partial charge on any atom is -0.352 e. The molecule has 4 aliphatic rings. The van der Waals surface area contributed by atoms with Crippen molar-refractivity contribution in [2.75, 3.05) is 13.2 Å². The second-order valence-corrected chi connectivity index (χ2v) is 12.7. The molecular weight excluding hydrogens is 442 g/mol. The topological polar surface area (TPSA) is 18.5 Å². The Labute approximate surface area is 214 Å². The molecule has 4 fully saturated rings. The van der Waals surface area contributed by atoms with Gasteiger partial charge in [0.1, 0.15) is 0 Å². The van der Waals surface area contributed by atoms with Crippen LogP contribution in [0.3, 0.4) is 0 Å². The van der Waals surface area contributed by atoms with E-state index in [-0.39, 0.29) is 12.2 Å². The van der Waals surface area contributed by atoms with Gasteiger partial charge >= 0.3 is 0 Å². The van der Waals surface area contributed by atoms with Crippen LogP contribution in [0.4, 0.5) is 8.78 Å². The number of unbranched alkanes of at least 4 members (excludes halogenated alkanes) is 2. The fourth-order valence-electron chi connectivity index (χ4n) is 7.88. The Kier molecular flexibility index (Phi) is 11.4. The maximum atomic E-state index is 12.4. The van der Waals surface area contributed by atoms with Crippen LogP contribution < -0.4 is 0 Å². The quantitative estimate of drug-likeness (QED) is 0.281. The normalized spacial score (nSPS) is 38.7. The van der Waals surface area contributed by atoms with Crippen LogP contribution in [-0.4, -0.2) is 19.5 Å². The van der Waals surface area contributed by atoms with Gasteiger partial charge in [0.15, 0.2) is 6.29 Å². The molecule has 4 rings (SSSR count). The van der Waals surface area contributed by atoms with Crippen molar-refractivity contribution in [3.05, 3.63) is 12.2 Å². The number of hydrogen-bond donors (Lipinski definition) is 0. The fourth-order valence-corrected chi connectivity index (χ4v) is 7.88. The lowest BCUT2D eigenvalue weighted by atomic mass is 9.68. The average molecular weight is 495 g/mol. The van der Waals surface area contributed by atoms with Crippen molar-refractivity contribution in [2.45, 2.75) is 129 Å². The molecule has 0 radical (unpaired) electrons. The third-order valence-corrected chi connectivity index (χ3v) is 10.2. The van der Waals surface area contributed by atoms with Crippen LogP contribution in [0.5, 0.6) is 0 Å². The molecule has 4 heteroatoms. The minimum absolute atomic E-state index is 0.176. The van der Waals surface area contributed by atoms with Gasteiger partial charge in [-0.15, -0.1) is 0 Å². The van der Waals surface area contributed by atoms with Crippen molar-refractivity contribution in [1.29, 1.82) is 0 Å². The first-order valence-electron chi connectivity index (χ1n) is 15.4. The molecule has 3 saturated carbocycles. The lowest BCUT2D eigenvalue weighted by Gasteiger charge is -2.39. The fraction of sp³-hybridized carbons (Fsp3) is 0.935. The summed E-state index contributed by atoms with van der Waals surface area (Å²) >= 11 is 0. The highest BCUT2D eigenvalue weighted by Gasteiger charge is 2.34. The third-order valence-electron chi connectivity index (χ3n) is 10.2. The third kappa shape index (κ3) is 8.80. The Morgan fingerprint density at radius 3 is 1.54 bits per heavy atom. The maximum absolute atomic E-state index is 12.4. The summed E-state index contributed by atoms with van der Waals surface area (Å²) in [6.07, 6.45) is 24.7. The predicted octanol–water partition coefficient (Wildman–Crippen LogP) is 9.54. The van der Waals surface area contributed by atoms with E-state index in [1.807, 2.05) is 0 Å². The van der Waals surface area contributed by atoms with Crippen molar-refractivity contribution in [3.8, 4) is 0 Å². The van der Waals surface area contributed by atoms with Crippen LogP contribution in [-0.2, 0) is 9.47 Å². The zero-order valence-electron chi connectivity index (χ0n) is 22.4. The second-order valence-electron chi connectivity index (χ2n) is 12.7. The molecule has 0 atom stereocenters. The highest BCUT2D eigenvalue weighted by molar-refractivity contribution is 4.90. The second kappa shape index (κ2) is 14.5. The SMILES string of the molecule is CCCCCC1CCC(C2CCC(CCC3CCC(C4OCC(C=C(F)F)CO4)CC3)CC2)CC1. The first-order valence-corrected chi connectivity index (χ1v) is 15.4. The summed E-state index contributed by atoms with van der Waals surface area (Å²) < 4.78 is 36.5. The Hall–Kier alpha value is -0.480. The van der Waals surface area contributed by atoms with Crippen LogP contribution in [0, 0.1) is 41.4 Å². The van der Waals surface area contributed by atoms with Gasteiger partial charge in [0, 0.05) is 11.8 Å². The molecule has 0 aromatic heterocycles. The Balaban J connectivity index is 1.05. The monoisotopic (exact) mass is 494 g/mol. The maximum Gasteiger partial charge on any atom is 0.266 e. The summed E-state index contributed by atoms with van der Waals surface area (Å²) in [5.74, 6) is 5.11. The van der Waals surface area contributed by atoms with Gasteiger partial charge in [-0.25, -0.2) is 0 Å². The summed E-state index contributed by atoms with van der Waals surface area (Å²) in [5.41, 5.74) is 0. The van der Waals surface area contributed by atoms with Crippen molar-refractivity contribution >= 4 is 0 Å². The summed E-state index contributed by atoms with van der Waals surface area (Å²) in [5, 5.41) is 0. The van der Waals surface area contributed by atoms with Crippen molar-refractivity contribution in [1.82, 2.24) is 0 Å². The molecule has 2 nitrogen and oxygen atoms in total. The molecule has 0 unspecified atom stereocenters. The van der Waals surface area contributed by atoms with Gasteiger partial charge in [0.25, 0.3) is 6.08 Å². The zero-order chi connectivity index (χ0) is 24.5. The Morgan fingerprint density at radius 2 is 1.09 bits per heavy atom. The van der Waals surface area contributed by atoms with Crippen molar-refractivity contribution in [2.24, 2.45) is 41.4 Å². The van der Waals surface area contributed by atoms with E-state index in [1.165, 1.54) is 116 Å². The molecule has 1 aliphatic heterocycles. The van der Waals surface area contributed by atoms with Gasteiger partial charge in [0.05, 0.1) is 13.2 Å². The van der Waals surface area contributed by atoms with Gasteiger partial charge in [-0.3, -0.25) is 0 Å². The molecule has 35 heavy (non-hydrogen) atoms.